The molecule has 0 aliphatic rings. The van der Waals surface area contributed by atoms with Crippen LogP contribution >= 0.6 is 0 Å². The molecule has 180 valence electrons. The van der Waals surface area contributed by atoms with Gasteiger partial charge in [-0.3, -0.25) is 9.88 Å². The molecular weight excluding hydrogens is 456 g/mol. The molecule has 0 unspecified atom stereocenters. The van der Waals surface area contributed by atoms with Crippen molar-refractivity contribution in [3.05, 3.63) is 78.0 Å². The van der Waals surface area contributed by atoms with Crippen LogP contribution in [0.25, 0.3) is 10.9 Å². The fraction of sp³-hybridized carbons (Fsp3) is 0.154. The van der Waals surface area contributed by atoms with Gasteiger partial charge in [0.1, 0.15) is 23.1 Å². The summed E-state index contributed by atoms with van der Waals surface area (Å²) in [6.45, 7) is 1.82. The summed E-state index contributed by atoms with van der Waals surface area (Å²) in [5, 5.41) is 3.18. The van der Waals surface area contributed by atoms with E-state index in [0.717, 1.165) is 17.0 Å². The minimum Gasteiger partial charge on any atom is -0.493 e. The summed E-state index contributed by atoms with van der Waals surface area (Å²) in [5.74, 6) is 0.653. The summed E-state index contributed by atoms with van der Waals surface area (Å²) in [5.41, 5.74) is 1.90. The van der Waals surface area contributed by atoms with E-state index in [1.165, 1.54) is 11.0 Å². The molecule has 1 N–H and O–H groups in total. The number of aromatic nitrogens is 1. The summed E-state index contributed by atoms with van der Waals surface area (Å²) in [7, 11) is 4.66. The number of anilines is 2. The summed E-state index contributed by atoms with van der Waals surface area (Å²) < 4.78 is 43.9. The Hall–Kier alpha value is -4.40. The molecular formula is C26H23F2N3O4. The predicted octanol–water partition coefficient (Wildman–Crippen LogP) is 6.30. The zero-order valence-corrected chi connectivity index (χ0v) is 19.6. The number of nitrogens with one attached hydrogen (secondary N) is 1. The van der Waals surface area contributed by atoms with Gasteiger partial charge in [-0.15, -0.1) is 0 Å². The lowest BCUT2D eigenvalue weighted by molar-refractivity contribution is 0.258. The van der Waals surface area contributed by atoms with Gasteiger partial charge in [0, 0.05) is 36.5 Å². The lowest BCUT2D eigenvalue weighted by atomic mass is 10.1. The SMILES string of the molecule is COc1cc2nccc(Oc3ccc(N(C)C(=O)Nc4ccc(F)cc4F)c(C)c3)c2cc1OC. The minimum absolute atomic E-state index is 0.113. The number of hydrogen-bond acceptors (Lipinski definition) is 5. The van der Waals surface area contributed by atoms with Crippen LogP contribution in [-0.4, -0.2) is 32.3 Å². The normalized spacial score (nSPS) is 10.7. The van der Waals surface area contributed by atoms with Crippen molar-refractivity contribution in [2.45, 2.75) is 6.92 Å². The second-order valence-corrected chi connectivity index (χ2v) is 7.70. The number of pyridine rings is 1. The number of amides is 2. The average Bonchev–Trinajstić information content (AvgIpc) is 2.84. The zero-order valence-electron chi connectivity index (χ0n) is 19.6. The maximum atomic E-state index is 13.9. The van der Waals surface area contributed by atoms with Crippen LogP contribution < -0.4 is 24.4 Å². The van der Waals surface area contributed by atoms with Crippen molar-refractivity contribution >= 4 is 28.3 Å². The number of carbonyl (C=O) groups is 1. The fourth-order valence-electron chi connectivity index (χ4n) is 3.63. The number of urea groups is 1. The summed E-state index contributed by atoms with van der Waals surface area (Å²) in [6.07, 6.45) is 1.64. The maximum absolute atomic E-state index is 13.9. The molecule has 0 bridgehead atoms. The van der Waals surface area contributed by atoms with E-state index in [-0.39, 0.29) is 5.69 Å². The van der Waals surface area contributed by atoms with E-state index in [1.54, 1.807) is 63.9 Å². The fourth-order valence-corrected chi connectivity index (χ4v) is 3.63. The molecule has 2 amide bonds. The van der Waals surface area contributed by atoms with Crippen molar-refractivity contribution in [3.8, 4) is 23.0 Å². The lowest BCUT2D eigenvalue weighted by Gasteiger charge is -2.21. The highest BCUT2D eigenvalue weighted by molar-refractivity contribution is 6.02. The molecule has 0 aliphatic heterocycles. The van der Waals surface area contributed by atoms with Crippen LogP contribution in [0, 0.1) is 18.6 Å². The van der Waals surface area contributed by atoms with Crippen LogP contribution in [0.1, 0.15) is 5.56 Å². The highest BCUT2D eigenvalue weighted by Crippen LogP contribution is 2.37. The van der Waals surface area contributed by atoms with Gasteiger partial charge in [0.05, 0.1) is 25.4 Å². The standard InChI is InChI=1S/C26H23F2N3O4/c1-15-11-17(35-23-9-10-29-21-14-25(34-4)24(33-3)13-18(21)23)6-8-22(15)31(2)26(32)30-20-7-5-16(27)12-19(20)28/h5-14H,1-4H3,(H,30,32). The van der Waals surface area contributed by atoms with Crippen LogP contribution in [0.3, 0.4) is 0 Å². The van der Waals surface area contributed by atoms with Crippen LogP contribution in [0.15, 0.2) is 60.8 Å². The number of ether oxygens (including phenoxy) is 3. The summed E-state index contributed by atoms with van der Waals surface area (Å²) in [6, 6.07) is 12.9. The lowest BCUT2D eigenvalue weighted by Crippen LogP contribution is -2.32. The molecule has 0 radical (unpaired) electrons. The molecule has 9 heteroatoms. The Labute approximate surface area is 200 Å². The van der Waals surface area contributed by atoms with Crippen molar-refractivity contribution in [3.63, 3.8) is 0 Å². The Bertz CT molecular complexity index is 1410. The number of carbonyl (C=O) groups excluding carboxylic acids is 1. The van der Waals surface area contributed by atoms with Gasteiger partial charge in [0.2, 0.25) is 0 Å². The molecule has 0 saturated carbocycles. The summed E-state index contributed by atoms with van der Waals surface area (Å²) in [4.78, 5) is 18.3. The third-order valence-corrected chi connectivity index (χ3v) is 5.44. The number of hydrogen-bond donors (Lipinski definition) is 1. The third kappa shape index (κ3) is 4.93. The number of halogens is 2. The van der Waals surface area contributed by atoms with E-state index < -0.39 is 17.7 Å². The molecule has 4 rings (SSSR count). The van der Waals surface area contributed by atoms with Gasteiger partial charge >= 0.3 is 6.03 Å². The zero-order chi connectivity index (χ0) is 25.1. The molecule has 0 fully saturated rings. The Kier molecular flexibility index (Phi) is 6.68. The van der Waals surface area contributed by atoms with Gasteiger partial charge in [-0.25, -0.2) is 13.6 Å². The van der Waals surface area contributed by atoms with Gasteiger partial charge in [-0.2, -0.15) is 0 Å². The number of benzene rings is 3. The number of aryl methyl sites for hydroxylation is 1. The van der Waals surface area contributed by atoms with Crippen LogP contribution in [0.2, 0.25) is 0 Å². The molecule has 1 heterocycles. The van der Waals surface area contributed by atoms with Gasteiger partial charge in [-0.1, -0.05) is 0 Å². The number of fused-ring (bicyclic) bond motifs is 1. The van der Waals surface area contributed by atoms with Gasteiger partial charge in [0.15, 0.2) is 11.5 Å². The highest BCUT2D eigenvalue weighted by atomic mass is 19.1. The second-order valence-electron chi connectivity index (χ2n) is 7.70. The molecule has 35 heavy (non-hydrogen) atoms. The monoisotopic (exact) mass is 479 g/mol. The largest absolute Gasteiger partial charge is 0.493 e. The topological polar surface area (TPSA) is 72.9 Å². The van der Waals surface area contributed by atoms with Crippen molar-refractivity contribution in [1.29, 1.82) is 0 Å². The highest BCUT2D eigenvalue weighted by Gasteiger charge is 2.17. The molecule has 0 spiro atoms. The predicted molar refractivity (Wildman–Crippen MR) is 130 cm³/mol. The van der Waals surface area contributed by atoms with E-state index in [2.05, 4.69) is 10.3 Å². The first-order valence-corrected chi connectivity index (χ1v) is 10.6. The molecule has 1 aromatic heterocycles. The molecule has 0 aliphatic carbocycles. The first-order chi connectivity index (χ1) is 16.8. The van der Waals surface area contributed by atoms with E-state index in [1.807, 2.05) is 6.92 Å². The second kappa shape index (κ2) is 9.84. The smallest absolute Gasteiger partial charge is 0.326 e. The molecule has 3 aromatic carbocycles. The van der Waals surface area contributed by atoms with Gasteiger partial charge in [-0.05, 0) is 55.0 Å². The van der Waals surface area contributed by atoms with Crippen LogP contribution in [0.5, 0.6) is 23.0 Å². The van der Waals surface area contributed by atoms with Crippen molar-refractivity contribution in [1.82, 2.24) is 4.98 Å². The maximum Gasteiger partial charge on any atom is 0.326 e. The molecule has 4 aromatic rings. The summed E-state index contributed by atoms with van der Waals surface area (Å²) >= 11 is 0. The van der Waals surface area contributed by atoms with E-state index in [9.17, 15) is 13.6 Å². The van der Waals surface area contributed by atoms with Crippen LogP contribution in [0.4, 0.5) is 25.0 Å². The van der Waals surface area contributed by atoms with E-state index in [0.29, 0.717) is 40.3 Å². The average molecular weight is 479 g/mol. The van der Waals surface area contributed by atoms with Gasteiger partial charge < -0.3 is 19.5 Å². The number of rotatable bonds is 6. The van der Waals surface area contributed by atoms with E-state index in [4.69, 9.17) is 14.2 Å². The number of nitrogens with zero attached hydrogens (tertiary/aromatic N) is 2. The van der Waals surface area contributed by atoms with Crippen molar-refractivity contribution < 1.29 is 27.8 Å². The molecule has 0 saturated heterocycles. The number of methoxy groups -OCH3 is 2. The third-order valence-electron chi connectivity index (χ3n) is 5.44. The quantitative estimate of drug-likeness (QED) is 0.351. The Balaban J connectivity index is 1.56. The first kappa shape index (κ1) is 23.7. The Morgan fingerprint density at radius 1 is 0.943 bits per heavy atom. The Morgan fingerprint density at radius 2 is 1.69 bits per heavy atom. The van der Waals surface area contributed by atoms with Crippen molar-refractivity contribution in [2.75, 3.05) is 31.5 Å². The van der Waals surface area contributed by atoms with E-state index >= 15 is 0 Å². The minimum atomic E-state index is -0.856. The Morgan fingerprint density at radius 3 is 2.37 bits per heavy atom. The molecule has 0 atom stereocenters. The molecule has 7 nitrogen and oxygen atoms in total. The first-order valence-electron chi connectivity index (χ1n) is 10.6. The van der Waals surface area contributed by atoms with Crippen LogP contribution in [-0.2, 0) is 0 Å². The van der Waals surface area contributed by atoms with Crippen molar-refractivity contribution in [2.24, 2.45) is 0 Å². The van der Waals surface area contributed by atoms with Gasteiger partial charge in [0.25, 0.3) is 0 Å².